The van der Waals surface area contributed by atoms with Gasteiger partial charge in [0.1, 0.15) is 5.82 Å². The van der Waals surface area contributed by atoms with Crippen LogP contribution in [-0.4, -0.2) is 25.2 Å². The van der Waals surface area contributed by atoms with Crippen LogP contribution in [0.3, 0.4) is 0 Å². The number of carbonyl (C=O) groups is 1. The Labute approximate surface area is 117 Å². The maximum atomic E-state index is 13.7. The van der Waals surface area contributed by atoms with Crippen LogP contribution in [0, 0.1) is 5.82 Å². The molecule has 20 heavy (non-hydrogen) atoms. The number of halogens is 1. The van der Waals surface area contributed by atoms with Crippen LogP contribution in [0.1, 0.15) is 24.2 Å². The van der Waals surface area contributed by atoms with E-state index in [1.807, 2.05) is 13.8 Å². The van der Waals surface area contributed by atoms with Crippen LogP contribution in [-0.2, 0) is 4.74 Å². The molecule has 0 saturated heterocycles. The van der Waals surface area contributed by atoms with Gasteiger partial charge >= 0.3 is 0 Å². The minimum atomic E-state index is -0.485. The smallest absolute Gasteiger partial charge is 0.252 e. The molecule has 2 aromatic carbocycles. The van der Waals surface area contributed by atoms with Crippen molar-refractivity contribution in [2.75, 3.05) is 13.7 Å². The quantitative estimate of drug-likeness (QED) is 0.931. The molecule has 0 spiro atoms. The Hall–Kier alpha value is -1.94. The first-order chi connectivity index (χ1) is 9.44. The van der Waals surface area contributed by atoms with E-state index in [9.17, 15) is 9.18 Å². The highest BCUT2D eigenvalue weighted by Crippen LogP contribution is 2.22. The fourth-order valence-corrected chi connectivity index (χ4v) is 2.23. The number of rotatable bonds is 4. The predicted molar refractivity (Wildman–Crippen MR) is 77.3 cm³/mol. The zero-order valence-corrected chi connectivity index (χ0v) is 11.9. The molecule has 2 rings (SSSR count). The van der Waals surface area contributed by atoms with E-state index in [-0.39, 0.29) is 11.7 Å². The van der Waals surface area contributed by atoms with E-state index in [1.165, 1.54) is 12.1 Å². The summed E-state index contributed by atoms with van der Waals surface area (Å²) in [5.41, 5.74) is -0.0207. The fraction of sp³-hybridized carbons (Fsp3) is 0.312. The van der Waals surface area contributed by atoms with E-state index in [0.29, 0.717) is 22.9 Å². The summed E-state index contributed by atoms with van der Waals surface area (Å²) in [6.07, 6.45) is 0. The van der Waals surface area contributed by atoms with Crippen molar-refractivity contribution in [2.45, 2.75) is 19.4 Å². The lowest BCUT2D eigenvalue weighted by atomic mass is 10.0. The van der Waals surface area contributed by atoms with Crippen LogP contribution in [0.25, 0.3) is 10.8 Å². The van der Waals surface area contributed by atoms with E-state index in [4.69, 9.17) is 4.74 Å². The molecule has 0 aliphatic carbocycles. The predicted octanol–water partition coefficient (Wildman–Crippen LogP) is 3.13. The summed E-state index contributed by atoms with van der Waals surface area (Å²) in [4.78, 5) is 12.4. The normalized spacial score (nSPS) is 11.6. The van der Waals surface area contributed by atoms with Gasteiger partial charge in [0, 0.05) is 18.1 Å². The summed E-state index contributed by atoms with van der Waals surface area (Å²) < 4.78 is 18.8. The highest BCUT2D eigenvalue weighted by atomic mass is 19.1. The first kappa shape index (κ1) is 14.5. The topological polar surface area (TPSA) is 38.3 Å². The Morgan fingerprint density at radius 3 is 2.50 bits per heavy atom. The molecule has 3 nitrogen and oxygen atoms in total. The Bertz CT molecular complexity index is 637. The summed E-state index contributed by atoms with van der Waals surface area (Å²) >= 11 is 0. The van der Waals surface area contributed by atoms with Gasteiger partial charge in [-0.05, 0) is 31.4 Å². The first-order valence-electron chi connectivity index (χ1n) is 6.43. The summed E-state index contributed by atoms with van der Waals surface area (Å²) in [6.45, 7) is 4.15. The molecule has 0 aliphatic rings. The van der Waals surface area contributed by atoms with Gasteiger partial charge in [-0.1, -0.05) is 24.3 Å². The average molecular weight is 275 g/mol. The molecule has 0 atom stereocenters. The van der Waals surface area contributed by atoms with E-state index >= 15 is 0 Å². The molecule has 0 fully saturated rings. The van der Waals surface area contributed by atoms with Gasteiger partial charge in [0.25, 0.3) is 5.91 Å². The molecule has 0 radical (unpaired) electrons. The Morgan fingerprint density at radius 2 is 1.85 bits per heavy atom. The SMILES string of the molecule is COCC(C)(C)NC(=O)c1ccc(F)c2ccccc12. The molecule has 1 amide bonds. The van der Waals surface area contributed by atoms with E-state index in [1.54, 1.807) is 31.4 Å². The number of amides is 1. The average Bonchev–Trinajstić information content (AvgIpc) is 2.38. The first-order valence-corrected chi connectivity index (χ1v) is 6.43. The molecule has 106 valence electrons. The fourth-order valence-electron chi connectivity index (χ4n) is 2.23. The lowest BCUT2D eigenvalue weighted by molar-refractivity contribution is 0.0821. The van der Waals surface area contributed by atoms with E-state index in [0.717, 1.165) is 0 Å². The second-order valence-corrected chi connectivity index (χ2v) is 5.41. The molecule has 4 heteroatoms. The third kappa shape index (κ3) is 2.96. The molecule has 0 aromatic heterocycles. The van der Waals surface area contributed by atoms with Gasteiger partial charge in [0.2, 0.25) is 0 Å². The van der Waals surface area contributed by atoms with Crippen molar-refractivity contribution in [1.29, 1.82) is 0 Å². The molecule has 0 saturated carbocycles. The lowest BCUT2D eigenvalue weighted by Crippen LogP contribution is -2.46. The zero-order chi connectivity index (χ0) is 14.8. The molecular weight excluding hydrogens is 257 g/mol. The number of fused-ring (bicyclic) bond motifs is 1. The zero-order valence-electron chi connectivity index (χ0n) is 11.9. The van der Waals surface area contributed by atoms with Crippen LogP contribution in [0.2, 0.25) is 0 Å². The largest absolute Gasteiger partial charge is 0.382 e. The third-order valence-corrected chi connectivity index (χ3v) is 3.07. The van der Waals surface area contributed by atoms with E-state index < -0.39 is 5.54 Å². The molecule has 1 N–H and O–H groups in total. The Morgan fingerprint density at radius 1 is 1.20 bits per heavy atom. The van der Waals surface area contributed by atoms with Crippen LogP contribution in [0.5, 0.6) is 0 Å². The molecule has 0 aliphatic heterocycles. The maximum absolute atomic E-state index is 13.7. The van der Waals surface area contributed by atoms with Gasteiger partial charge in [-0.3, -0.25) is 4.79 Å². The third-order valence-electron chi connectivity index (χ3n) is 3.07. The standard InChI is InChI=1S/C16H18FNO2/c1-16(2,10-20-3)18-15(19)13-8-9-14(17)12-7-5-4-6-11(12)13/h4-9H,10H2,1-3H3,(H,18,19). The van der Waals surface area contributed by atoms with Gasteiger partial charge < -0.3 is 10.1 Å². The van der Waals surface area contributed by atoms with Crippen molar-refractivity contribution < 1.29 is 13.9 Å². The number of hydrogen-bond donors (Lipinski definition) is 1. The van der Waals surface area contributed by atoms with Crippen molar-refractivity contribution in [3.8, 4) is 0 Å². The molecule has 0 unspecified atom stereocenters. The number of carbonyl (C=O) groups excluding carboxylic acids is 1. The highest BCUT2D eigenvalue weighted by Gasteiger charge is 2.22. The van der Waals surface area contributed by atoms with E-state index in [2.05, 4.69) is 5.32 Å². The molecule has 0 bridgehead atoms. The van der Waals surface area contributed by atoms with Crippen molar-refractivity contribution in [2.24, 2.45) is 0 Å². The molecule has 0 heterocycles. The Kier molecular flexibility index (Phi) is 4.04. The minimum absolute atomic E-state index is 0.233. The van der Waals surface area contributed by atoms with Crippen molar-refractivity contribution in [3.63, 3.8) is 0 Å². The number of hydrogen-bond acceptors (Lipinski definition) is 2. The minimum Gasteiger partial charge on any atom is -0.382 e. The summed E-state index contributed by atoms with van der Waals surface area (Å²) in [7, 11) is 1.58. The summed E-state index contributed by atoms with van der Waals surface area (Å²) in [5.74, 6) is -0.559. The van der Waals surface area contributed by atoms with Crippen molar-refractivity contribution >= 4 is 16.7 Å². The lowest BCUT2D eigenvalue weighted by Gasteiger charge is -2.25. The van der Waals surface area contributed by atoms with Gasteiger partial charge in [-0.25, -0.2) is 4.39 Å². The van der Waals surface area contributed by atoms with Gasteiger partial charge in [0.15, 0.2) is 0 Å². The molecular formula is C16H18FNO2. The van der Waals surface area contributed by atoms with Gasteiger partial charge in [-0.2, -0.15) is 0 Å². The number of nitrogens with one attached hydrogen (secondary N) is 1. The van der Waals surface area contributed by atoms with Crippen LogP contribution in [0.4, 0.5) is 4.39 Å². The number of ether oxygens (including phenoxy) is 1. The monoisotopic (exact) mass is 275 g/mol. The maximum Gasteiger partial charge on any atom is 0.252 e. The number of benzene rings is 2. The van der Waals surface area contributed by atoms with Crippen LogP contribution in [0.15, 0.2) is 36.4 Å². The van der Waals surface area contributed by atoms with Gasteiger partial charge in [0.05, 0.1) is 12.1 Å². The van der Waals surface area contributed by atoms with Gasteiger partial charge in [-0.15, -0.1) is 0 Å². The highest BCUT2D eigenvalue weighted by molar-refractivity contribution is 6.07. The molecule has 2 aromatic rings. The summed E-state index contributed by atoms with van der Waals surface area (Å²) in [6, 6.07) is 9.79. The summed E-state index contributed by atoms with van der Waals surface area (Å²) in [5, 5.41) is 3.96. The second kappa shape index (κ2) is 5.59. The second-order valence-electron chi connectivity index (χ2n) is 5.41. The number of methoxy groups -OCH3 is 1. The van der Waals surface area contributed by atoms with Crippen molar-refractivity contribution in [3.05, 3.63) is 47.8 Å². The van der Waals surface area contributed by atoms with Crippen molar-refractivity contribution in [1.82, 2.24) is 5.32 Å². The van der Waals surface area contributed by atoms with Crippen LogP contribution >= 0.6 is 0 Å². The van der Waals surface area contributed by atoms with Crippen LogP contribution < -0.4 is 5.32 Å². The Balaban J connectivity index is 2.38.